The van der Waals surface area contributed by atoms with E-state index in [-0.39, 0.29) is 16.8 Å². The summed E-state index contributed by atoms with van der Waals surface area (Å²) in [5.74, 6) is 2.14. The molecule has 0 aromatic rings. The van der Waals surface area contributed by atoms with Crippen LogP contribution >= 0.6 is 23.5 Å². The molecule has 0 radical (unpaired) electrons. The summed E-state index contributed by atoms with van der Waals surface area (Å²) in [4.78, 5) is 14.0. The van der Waals surface area contributed by atoms with Gasteiger partial charge in [-0.05, 0) is 39.2 Å². The molecule has 0 spiro atoms. The molecule has 1 aliphatic heterocycles. The maximum atomic E-state index is 12.1. The highest BCUT2D eigenvalue weighted by Gasteiger charge is 2.29. The van der Waals surface area contributed by atoms with Crippen molar-refractivity contribution in [2.45, 2.75) is 38.0 Å². The first kappa shape index (κ1) is 15.0. The van der Waals surface area contributed by atoms with Gasteiger partial charge in [0.15, 0.2) is 0 Å². The third-order valence-corrected chi connectivity index (χ3v) is 4.78. The van der Waals surface area contributed by atoms with Gasteiger partial charge in [-0.25, -0.2) is 4.79 Å². The molecule has 3 nitrogen and oxygen atoms in total. The number of amides is 2. The van der Waals surface area contributed by atoms with E-state index in [4.69, 9.17) is 0 Å². The normalized spacial score (nSPS) is 21.1. The van der Waals surface area contributed by atoms with E-state index in [1.807, 2.05) is 28.4 Å². The molecule has 0 saturated carbocycles. The van der Waals surface area contributed by atoms with E-state index in [1.165, 1.54) is 0 Å². The van der Waals surface area contributed by atoms with Crippen molar-refractivity contribution in [1.29, 1.82) is 0 Å². The fourth-order valence-corrected chi connectivity index (χ4v) is 3.56. The van der Waals surface area contributed by atoms with E-state index in [0.29, 0.717) is 0 Å². The summed E-state index contributed by atoms with van der Waals surface area (Å²) in [6, 6.07) is 0.375. The number of hydrogen-bond donors (Lipinski definition) is 1. The molecule has 1 aliphatic rings. The molecule has 1 N–H and O–H groups in total. The summed E-state index contributed by atoms with van der Waals surface area (Å²) in [7, 11) is 0. The Labute approximate surface area is 113 Å². The van der Waals surface area contributed by atoms with Gasteiger partial charge in [-0.3, -0.25) is 0 Å². The van der Waals surface area contributed by atoms with Gasteiger partial charge in [0.05, 0.1) is 0 Å². The standard InChI is InChI=1S/C12H24N2OS2/c1-10(5-7-16-4)13-11(15)14-6-8-17-12(2,3)9-14/h10H,5-9H2,1-4H3,(H,13,15)/t10-/m0/s1. The minimum Gasteiger partial charge on any atom is -0.336 e. The Morgan fingerprint density at radius 1 is 1.59 bits per heavy atom. The first-order valence-corrected chi connectivity index (χ1v) is 8.51. The number of thioether (sulfide) groups is 2. The Morgan fingerprint density at radius 3 is 2.88 bits per heavy atom. The molecule has 1 rings (SSSR count). The van der Waals surface area contributed by atoms with Crippen LogP contribution in [0.15, 0.2) is 0 Å². The Morgan fingerprint density at radius 2 is 2.29 bits per heavy atom. The van der Waals surface area contributed by atoms with Crippen LogP contribution in [0, 0.1) is 0 Å². The Hall–Kier alpha value is -0.0300. The van der Waals surface area contributed by atoms with E-state index in [9.17, 15) is 4.79 Å². The Bertz CT molecular complexity index is 259. The zero-order valence-corrected chi connectivity index (χ0v) is 12.9. The Kier molecular flexibility index (Phi) is 6.00. The van der Waals surface area contributed by atoms with E-state index in [2.05, 4.69) is 32.3 Å². The molecule has 0 bridgehead atoms. The van der Waals surface area contributed by atoms with Crippen LogP contribution in [-0.4, -0.2) is 52.6 Å². The lowest BCUT2D eigenvalue weighted by Gasteiger charge is -2.37. The number of nitrogens with one attached hydrogen (secondary N) is 1. The number of rotatable bonds is 4. The molecule has 1 fully saturated rings. The highest BCUT2D eigenvalue weighted by molar-refractivity contribution is 8.00. The van der Waals surface area contributed by atoms with Gasteiger partial charge in [0, 0.05) is 29.6 Å². The zero-order valence-electron chi connectivity index (χ0n) is 11.3. The predicted molar refractivity (Wildman–Crippen MR) is 79.1 cm³/mol. The van der Waals surface area contributed by atoms with Gasteiger partial charge < -0.3 is 10.2 Å². The molecule has 0 unspecified atom stereocenters. The smallest absolute Gasteiger partial charge is 0.317 e. The lowest BCUT2D eigenvalue weighted by molar-refractivity contribution is 0.191. The van der Waals surface area contributed by atoms with Gasteiger partial charge in [0.1, 0.15) is 0 Å². The molecule has 17 heavy (non-hydrogen) atoms. The molecular weight excluding hydrogens is 252 g/mol. The van der Waals surface area contributed by atoms with E-state index < -0.39 is 0 Å². The van der Waals surface area contributed by atoms with E-state index in [1.54, 1.807) is 0 Å². The molecule has 0 aliphatic carbocycles. The van der Waals surface area contributed by atoms with Crippen LogP contribution in [0.4, 0.5) is 4.79 Å². The van der Waals surface area contributed by atoms with Crippen LogP contribution in [0.5, 0.6) is 0 Å². The molecule has 1 saturated heterocycles. The van der Waals surface area contributed by atoms with Gasteiger partial charge in [-0.1, -0.05) is 0 Å². The molecule has 2 amide bonds. The minimum atomic E-state index is 0.104. The molecule has 0 aromatic heterocycles. The third-order valence-electron chi connectivity index (χ3n) is 2.84. The minimum absolute atomic E-state index is 0.104. The fourth-order valence-electron chi connectivity index (χ4n) is 1.86. The molecule has 0 aromatic carbocycles. The summed E-state index contributed by atoms with van der Waals surface area (Å²) in [6.07, 6.45) is 3.14. The summed E-state index contributed by atoms with van der Waals surface area (Å²) in [5.41, 5.74) is 0. The van der Waals surface area contributed by atoms with Crippen molar-refractivity contribution in [3.8, 4) is 0 Å². The van der Waals surface area contributed by atoms with E-state index >= 15 is 0 Å². The highest BCUT2D eigenvalue weighted by Crippen LogP contribution is 2.29. The van der Waals surface area contributed by atoms with Gasteiger partial charge in [0.2, 0.25) is 0 Å². The number of nitrogens with zero attached hydrogens (tertiary/aromatic N) is 1. The maximum absolute atomic E-state index is 12.1. The van der Waals surface area contributed by atoms with Crippen LogP contribution in [0.25, 0.3) is 0 Å². The topological polar surface area (TPSA) is 32.3 Å². The predicted octanol–water partition coefficient (Wildman–Crippen LogP) is 2.67. The number of hydrogen-bond acceptors (Lipinski definition) is 3. The van der Waals surface area contributed by atoms with Gasteiger partial charge >= 0.3 is 6.03 Å². The third kappa shape index (κ3) is 5.42. The summed E-state index contributed by atoms with van der Waals surface area (Å²) < 4.78 is 0.193. The largest absolute Gasteiger partial charge is 0.336 e. The van der Waals surface area contributed by atoms with Crippen molar-refractivity contribution < 1.29 is 4.79 Å². The number of carbonyl (C=O) groups is 1. The quantitative estimate of drug-likeness (QED) is 0.857. The van der Waals surface area contributed by atoms with Crippen molar-refractivity contribution in [1.82, 2.24) is 10.2 Å². The monoisotopic (exact) mass is 276 g/mol. The molecule has 1 heterocycles. The van der Waals surface area contributed by atoms with E-state index in [0.717, 1.165) is 31.0 Å². The highest BCUT2D eigenvalue weighted by atomic mass is 32.2. The first-order chi connectivity index (χ1) is 7.94. The number of carbonyl (C=O) groups excluding carboxylic acids is 1. The fraction of sp³-hybridized carbons (Fsp3) is 0.917. The van der Waals surface area contributed by atoms with Crippen molar-refractivity contribution in [2.24, 2.45) is 0 Å². The molecular formula is C12H24N2OS2. The molecule has 5 heteroatoms. The second-order valence-corrected chi connectivity index (χ2v) is 7.95. The molecule has 100 valence electrons. The maximum Gasteiger partial charge on any atom is 0.317 e. The van der Waals surface area contributed by atoms with Crippen molar-refractivity contribution in [2.75, 3.05) is 30.9 Å². The summed E-state index contributed by atoms with van der Waals surface area (Å²) >= 11 is 3.77. The van der Waals surface area contributed by atoms with Crippen molar-refractivity contribution in [3.63, 3.8) is 0 Å². The average molecular weight is 276 g/mol. The van der Waals surface area contributed by atoms with Gasteiger partial charge in [-0.15, -0.1) is 0 Å². The summed E-state index contributed by atoms with van der Waals surface area (Å²) in [5, 5.41) is 3.09. The van der Waals surface area contributed by atoms with Crippen LogP contribution in [0.1, 0.15) is 27.2 Å². The number of urea groups is 1. The lowest BCUT2D eigenvalue weighted by atomic mass is 10.2. The first-order valence-electron chi connectivity index (χ1n) is 6.13. The van der Waals surface area contributed by atoms with Crippen molar-refractivity contribution in [3.05, 3.63) is 0 Å². The summed E-state index contributed by atoms with van der Waals surface area (Å²) in [6.45, 7) is 8.20. The second-order valence-electron chi connectivity index (χ2n) is 5.16. The average Bonchev–Trinajstić information content (AvgIpc) is 2.25. The zero-order chi connectivity index (χ0) is 12.9. The Balaban J connectivity index is 2.36. The van der Waals surface area contributed by atoms with Crippen LogP contribution in [0.2, 0.25) is 0 Å². The van der Waals surface area contributed by atoms with Crippen LogP contribution < -0.4 is 5.32 Å². The van der Waals surface area contributed by atoms with Crippen LogP contribution in [0.3, 0.4) is 0 Å². The molecule has 1 atom stereocenters. The SMILES string of the molecule is CSCC[C@H](C)NC(=O)N1CCSC(C)(C)C1. The van der Waals surface area contributed by atoms with Gasteiger partial charge in [-0.2, -0.15) is 23.5 Å². The van der Waals surface area contributed by atoms with Gasteiger partial charge in [0.25, 0.3) is 0 Å². The van der Waals surface area contributed by atoms with Crippen LogP contribution in [-0.2, 0) is 0 Å². The lowest BCUT2D eigenvalue weighted by Crippen LogP contribution is -2.51. The van der Waals surface area contributed by atoms with Crippen molar-refractivity contribution >= 4 is 29.6 Å². The second kappa shape index (κ2) is 6.78.